The third-order valence-corrected chi connectivity index (χ3v) is 3.63. The molecule has 0 saturated carbocycles. The number of unbranched alkanes of at least 4 members (excludes halogenated alkanes) is 2. The highest BCUT2D eigenvalue weighted by molar-refractivity contribution is 5.31. The maximum absolute atomic E-state index is 5.87. The average molecular weight is 277 g/mol. The van der Waals surface area contributed by atoms with E-state index in [1.807, 2.05) is 6.07 Å². The van der Waals surface area contributed by atoms with E-state index < -0.39 is 0 Å². The van der Waals surface area contributed by atoms with Gasteiger partial charge in [0.15, 0.2) is 0 Å². The van der Waals surface area contributed by atoms with Gasteiger partial charge in [-0.3, -0.25) is 0 Å². The maximum Gasteiger partial charge on any atom is 0.122 e. The van der Waals surface area contributed by atoms with Gasteiger partial charge in [0.2, 0.25) is 0 Å². The summed E-state index contributed by atoms with van der Waals surface area (Å²) in [5, 5.41) is 0. The number of hydrogen-bond acceptors (Lipinski definition) is 2. The van der Waals surface area contributed by atoms with Crippen molar-refractivity contribution in [2.45, 2.75) is 52.9 Å². The van der Waals surface area contributed by atoms with Crippen molar-refractivity contribution < 1.29 is 4.74 Å². The van der Waals surface area contributed by atoms with Gasteiger partial charge in [-0.2, -0.15) is 0 Å². The topological polar surface area (TPSA) is 12.5 Å². The summed E-state index contributed by atoms with van der Waals surface area (Å²) in [6, 6.07) is 8.25. The van der Waals surface area contributed by atoms with Crippen molar-refractivity contribution >= 4 is 0 Å². The molecular weight excluding hydrogens is 246 g/mol. The van der Waals surface area contributed by atoms with Crippen molar-refractivity contribution in [1.82, 2.24) is 4.90 Å². The van der Waals surface area contributed by atoms with Crippen molar-refractivity contribution in [3.05, 3.63) is 29.8 Å². The molecule has 1 rings (SSSR count). The van der Waals surface area contributed by atoms with E-state index in [2.05, 4.69) is 43.9 Å². The van der Waals surface area contributed by atoms with Crippen molar-refractivity contribution in [3.8, 4) is 5.75 Å². The molecule has 0 amide bonds. The van der Waals surface area contributed by atoms with Gasteiger partial charge in [-0.1, -0.05) is 44.9 Å². The minimum Gasteiger partial charge on any atom is -0.493 e. The van der Waals surface area contributed by atoms with Crippen LogP contribution in [0.1, 0.15) is 51.5 Å². The van der Waals surface area contributed by atoms with E-state index in [0.29, 0.717) is 0 Å². The minimum absolute atomic E-state index is 0.819. The predicted octanol–water partition coefficient (Wildman–Crippen LogP) is 4.67. The molecule has 0 N–H and O–H groups in total. The molecule has 0 aromatic heterocycles. The first-order valence-corrected chi connectivity index (χ1v) is 8.18. The maximum atomic E-state index is 5.87. The Morgan fingerprint density at radius 2 is 1.50 bits per heavy atom. The first kappa shape index (κ1) is 17.0. The third-order valence-electron chi connectivity index (χ3n) is 3.63. The second kappa shape index (κ2) is 10.7. The molecule has 1 aromatic carbocycles. The lowest BCUT2D eigenvalue weighted by Gasteiger charge is -2.22. The molecule has 2 heteroatoms. The zero-order chi connectivity index (χ0) is 14.6. The highest BCUT2D eigenvalue weighted by Gasteiger charge is 2.04. The fourth-order valence-corrected chi connectivity index (χ4v) is 2.29. The minimum atomic E-state index is 0.819. The van der Waals surface area contributed by atoms with Crippen LogP contribution >= 0.6 is 0 Å². The Labute approximate surface area is 125 Å². The molecule has 0 aliphatic carbocycles. The van der Waals surface area contributed by atoms with Crippen molar-refractivity contribution in [1.29, 1.82) is 0 Å². The van der Waals surface area contributed by atoms with Crippen LogP contribution in [0.15, 0.2) is 24.3 Å². The van der Waals surface area contributed by atoms with E-state index in [0.717, 1.165) is 25.3 Å². The van der Waals surface area contributed by atoms with Gasteiger partial charge < -0.3 is 9.64 Å². The standard InChI is InChI=1S/C18H31NO/c1-4-6-13-19(14-7-5-2)15-10-16-20-18-12-9-8-11-17(18)3/h8-9,11-12H,4-7,10,13-16H2,1-3H3. The molecule has 0 spiro atoms. The Kier molecular flexibility index (Phi) is 9.14. The van der Waals surface area contributed by atoms with E-state index in [9.17, 15) is 0 Å². The summed E-state index contributed by atoms with van der Waals surface area (Å²) in [5.74, 6) is 1.03. The summed E-state index contributed by atoms with van der Waals surface area (Å²) in [5.41, 5.74) is 1.22. The van der Waals surface area contributed by atoms with Gasteiger partial charge in [0.25, 0.3) is 0 Å². The van der Waals surface area contributed by atoms with Gasteiger partial charge in [0.1, 0.15) is 5.75 Å². The number of benzene rings is 1. The molecule has 0 aliphatic rings. The number of rotatable bonds is 11. The molecule has 0 heterocycles. The molecule has 1 aromatic rings. The molecule has 0 fully saturated rings. The number of aryl methyl sites for hydroxylation is 1. The first-order chi connectivity index (χ1) is 9.77. The molecule has 0 bridgehead atoms. The van der Waals surface area contributed by atoms with Crippen LogP contribution in [0.4, 0.5) is 0 Å². The van der Waals surface area contributed by atoms with Gasteiger partial charge in [0.05, 0.1) is 6.61 Å². The van der Waals surface area contributed by atoms with Crippen LogP contribution in [0.5, 0.6) is 5.75 Å². The van der Waals surface area contributed by atoms with Crippen molar-refractivity contribution in [3.63, 3.8) is 0 Å². The summed E-state index contributed by atoms with van der Waals surface area (Å²) in [7, 11) is 0. The Morgan fingerprint density at radius 1 is 0.900 bits per heavy atom. The molecule has 0 aliphatic heterocycles. The Balaban J connectivity index is 2.23. The monoisotopic (exact) mass is 277 g/mol. The Morgan fingerprint density at radius 3 is 2.10 bits per heavy atom. The van der Waals surface area contributed by atoms with E-state index in [1.165, 1.54) is 44.3 Å². The summed E-state index contributed by atoms with van der Waals surface area (Å²) >= 11 is 0. The summed E-state index contributed by atoms with van der Waals surface area (Å²) in [6.07, 6.45) is 6.29. The van der Waals surface area contributed by atoms with Gasteiger partial charge in [-0.15, -0.1) is 0 Å². The molecule has 0 saturated heterocycles. The van der Waals surface area contributed by atoms with Crippen molar-refractivity contribution in [2.75, 3.05) is 26.2 Å². The number of nitrogens with zero attached hydrogens (tertiary/aromatic N) is 1. The Bertz CT molecular complexity index is 343. The van der Waals surface area contributed by atoms with Crippen LogP contribution in [-0.4, -0.2) is 31.1 Å². The summed E-state index contributed by atoms with van der Waals surface area (Å²) in [6.45, 7) is 11.1. The van der Waals surface area contributed by atoms with Crippen LogP contribution < -0.4 is 4.74 Å². The van der Waals surface area contributed by atoms with Crippen LogP contribution in [-0.2, 0) is 0 Å². The molecule has 20 heavy (non-hydrogen) atoms. The average Bonchev–Trinajstić information content (AvgIpc) is 2.47. The van der Waals surface area contributed by atoms with E-state index in [-0.39, 0.29) is 0 Å². The lowest BCUT2D eigenvalue weighted by molar-refractivity contribution is 0.228. The normalized spacial score (nSPS) is 11.0. The molecule has 0 unspecified atom stereocenters. The zero-order valence-electron chi connectivity index (χ0n) is 13.5. The van der Waals surface area contributed by atoms with Crippen LogP contribution in [0.3, 0.4) is 0 Å². The molecule has 114 valence electrons. The van der Waals surface area contributed by atoms with Gasteiger partial charge in [0, 0.05) is 6.54 Å². The second-order valence-electron chi connectivity index (χ2n) is 5.52. The van der Waals surface area contributed by atoms with Gasteiger partial charge in [-0.25, -0.2) is 0 Å². The fourth-order valence-electron chi connectivity index (χ4n) is 2.29. The number of ether oxygens (including phenoxy) is 1. The number of para-hydroxylation sites is 1. The highest BCUT2D eigenvalue weighted by atomic mass is 16.5. The van der Waals surface area contributed by atoms with Crippen LogP contribution in [0.25, 0.3) is 0 Å². The smallest absolute Gasteiger partial charge is 0.122 e. The third kappa shape index (κ3) is 6.95. The van der Waals surface area contributed by atoms with Crippen molar-refractivity contribution in [2.24, 2.45) is 0 Å². The molecular formula is C18H31NO. The van der Waals surface area contributed by atoms with E-state index in [4.69, 9.17) is 4.74 Å². The van der Waals surface area contributed by atoms with E-state index in [1.54, 1.807) is 0 Å². The zero-order valence-corrected chi connectivity index (χ0v) is 13.5. The van der Waals surface area contributed by atoms with Gasteiger partial charge >= 0.3 is 0 Å². The quantitative estimate of drug-likeness (QED) is 0.545. The highest BCUT2D eigenvalue weighted by Crippen LogP contribution is 2.16. The Hall–Kier alpha value is -1.02. The first-order valence-electron chi connectivity index (χ1n) is 8.18. The summed E-state index contributed by atoms with van der Waals surface area (Å²) in [4.78, 5) is 2.59. The predicted molar refractivity (Wildman–Crippen MR) is 87.5 cm³/mol. The molecule has 0 radical (unpaired) electrons. The lowest BCUT2D eigenvalue weighted by Crippen LogP contribution is -2.28. The van der Waals surface area contributed by atoms with Crippen LogP contribution in [0.2, 0.25) is 0 Å². The fraction of sp³-hybridized carbons (Fsp3) is 0.667. The lowest BCUT2D eigenvalue weighted by atomic mass is 10.2. The molecule has 2 nitrogen and oxygen atoms in total. The molecule has 0 atom stereocenters. The summed E-state index contributed by atoms with van der Waals surface area (Å²) < 4.78 is 5.87. The SMILES string of the molecule is CCCCN(CCCC)CCCOc1ccccc1C. The van der Waals surface area contributed by atoms with Crippen LogP contribution in [0, 0.1) is 6.92 Å². The number of hydrogen-bond donors (Lipinski definition) is 0. The van der Waals surface area contributed by atoms with E-state index >= 15 is 0 Å². The largest absolute Gasteiger partial charge is 0.493 e. The second-order valence-corrected chi connectivity index (χ2v) is 5.52. The van der Waals surface area contributed by atoms with Gasteiger partial charge in [-0.05, 0) is 50.9 Å².